The van der Waals surface area contributed by atoms with Gasteiger partial charge in [0.15, 0.2) is 11.5 Å². The first-order valence-electron chi connectivity index (χ1n) is 10.0. The molecule has 2 aromatic carbocycles. The standard InChI is InChI=1S/C23H20ClN5O3/c1-13-22(14(2)29(28-13)11-15-4-3-5-17(24)8-15)25-23(30)19-10-18(26-27-19)16-6-7-20-21(9-16)32-12-31-20/h3-10H,11-12H2,1-2H3,(H,25,30)(H,26,27). The maximum Gasteiger partial charge on any atom is 0.273 e. The first-order chi connectivity index (χ1) is 15.5. The zero-order chi connectivity index (χ0) is 22.2. The van der Waals surface area contributed by atoms with Gasteiger partial charge in [0.2, 0.25) is 6.79 Å². The molecule has 9 heteroatoms. The molecule has 0 atom stereocenters. The quantitative estimate of drug-likeness (QED) is 0.465. The van der Waals surface area contributed by atoms with Crippen molar-refractivity contribution in [2.45, 2.75) is 20.4 Å². The molecule has 8 nitrogen and oxygen atoms in total. The molecule has 162 valence electrons. The lowest BCUT2D eigenvalue weighted by Crippen LogP contribution is -2.14. The van der Waals surface area contributed by atoms with Crippen molar-refractivity contribution in [2.75, 3.05) is 12.1 Å². The number of aromatic amines is 1. The van der Waals surface area contributed by atoms with Crippen LogP contribution >= 0.6 is 11.6 Å². The largest absolute Gasteiger partial charge is 0.454 e. The Morgan fingerprint density at radius 3 is 2.84 bits per heavy atom. The third-order valence-electron chi connectivity index (χ3n) is 5.33. The predicted molar refractivity (Wildman–Crippen MR) is 120 cm³/mol. The number of carbonyl (C=O) groups excluding carboxylic acids is 1. The van der Waals surface area contributed by atoms with E-state index in [0.29, 0.717) is 40.1 Å². The van der Waals surface area contributed by atoms with Gasteiger partial charge in [-0.25, -0.2) is 0 Å². The second kappa shape index (κ2) is 8.05. The van der Waals surface area contributed by atoms with Crippen molar-refractivity contribution in [3.05, 3.63) is 76.2 Å². The van der Waals surface area contributed by atoms with Crippen molar-refractivity contribution >= 4 is 23.2 Å². The number of aryl methyl sites for hydroxylation is 1. The highest BCUT2D eigenvalue weighted by Crippen LogP contribution is 2.35. The molecule has 32 heavy (non-hydrogen) atoms. The number of benzene rings is 2. The minimum Gasteiger partial charge on any atom is -0.454 e. The molecule has 5 rings (SSSR count). The second-order valence-corrected chi connectivity index (χ2v) is 7.96. The third-order valence-corrected chi connectivity index (χ3v) is 5.57. The predicted octanol–water partition coefficient (Wildman–Crippen LogP) is 4.57. The molecule has 0 spiro atoms. The van der Waals surface area contributed by atoms with Gasteiger partial charge in [0.1, 0.15) is 5.69 Å². The number of carbonyl (C=O) groups is 1. The molecular weight excluding hydrogens is 430 g/mol. The van der Waals surface area contributed by atoms with Crippen LogP contribution in [0, 0.1) is 13.8 Å². The molecule has 0 bridgehead atoms. The molecule has 0 unspecified atom stereocenters. The highest BCUT2D eigenvalue weighted by Gasteiger charge is 2.19. The van der Waals surface area contributed by atoms with Crippen LogP contribution in [0.4, 0.5) is 5.69 Å². The number of ether oxygens (including phenoxy) is 2. The molecule has 4 aromatic rings. The van der Waals surface area contributed by atoms with Gasteiger partial charge in [-0.05, 0) is 55.8 Å². The number of rotatable bonds is 5. The van der Waals surface area contributed by atoms with E-state index in [0.717, 1.165) is 22.5 Å². The Kier molecular flexibility index (Phi) is 5.07. The van der Waals surface area contributed by atoms with Gasteiger partial charge in [-0.2, -0.15) is 10.2 Å². The van der Waals surface area contributed by atoms with Gasteiger partial charge in [-0.3, -0.25) is 14.6 Å². The number of hydrogen-bond acceptors (Lipinski definition) is 5. The zero-order valence-electron chi connectivity index (χ0n) is 17.5. The van der Waals surface area contributed by atoms with Gasteiger partial charge in [0.25, 0.3) is 5.91 Å². The highest BCUT2D eigenvalue weighted by molar-refractivity contribution is 6.30. The number of fused-ring (bicyclic) bond motifs is 1. The van der Waals surface area contributed by atoms with Crippen molar-refractivity contribution in [1.29, 1.82) is 0 Å². The summed E-state index contributed by atoms with van der Waals surface area (Å²) < 4.78 is 12.6. The summed E-state index contributed by atoms with van der Waals surface area (Å²) in [4.78, 5) is 12.9. The first kappa shape index (κ1) is 20.1. The number of aromatic nitrogens is 4. The van der Waals surface area contributed by atoms with Crippen molar-refractivity contribution in [3.63, 3.8) is 0 Å². The summed E-state index contributed by atoms with van der Waals surface area (Å²) >= 11 is 6.09. The van der Waals surface area contributed by atoms with Crippen LogP contribution in [-0.4, -0.2) is 32.7 Å². The molecule has 0 saturated carbocycles. The van der Waals surface area contributed by atoms with Crippen LogP contribution in [0.5, 0.6) is 11.5 Å². The third kappa shape index (κ3) is 3.80. The molecule has 0 radical (unpaired) electrons. The average Bonchev–Trinajstić information content (AvgIpc) is 3.50. The van der Waals surface area contributed by atoms with E-state index in [4.69, 9.17) is 21.1 Å². The number of nitrogens with one attached hydrogen (secondary N) is 2. The molecule has 1 amide bonds. The van der Waals surface area contributed by atoms with Crippen molar-refractivity contribution < 1.29 is 14.3 Å². The Morgan fingerprint density at radius 1 is 1.16 bits per heavy atom. The molecule has 0 aliphatic carbocycles. The van der Waals surface area contributed by atoms with Crippen LogP contribution in [0.3, 0.4) is 0 Å². The summed E-state index contributed by atoms with van der Waals surface area (Å²) in [5.74, 6) is 1.07. The van der Waals surface area contributed by atoms with Gasteiger partial charge >= 0.3 is 0 Å². The van der Waals surface area contributed by atoms with Crippen LogP contribution in [0.1, 0.15) is 27.4 Å². The molecule has 3 heterocycles. The van der Waals surface area contributed by atoms with Gasteiger partial charge in [0.05, 0.1) is 29.3 Å². The van der Waals surface area contributed by atoms with Crippen LogP contribution in [0.15, 0.2) is 48.5 Å². The van der Waals surface area contributed by atoms with E-state index in [-0.39, 0.29) is 12.7 Å². The summed E-state index contributed by atoms with van der Waals surface area (Å²) in [5.41, 5.74) is 5.10. The lowest BCUT2D eigenvalue weighted by Gasteiger charge is -2.07. The average molecular weight is 450 g/mol. The van der Waals surface area contributed by atoms with E-state index < -0.39 is 0 Å². The van der Waals surface area contributed by atoms with Gasteiger partial charge in [-0.1, -0.05) is 23.7 Å². The fourth-order valence-corrected chi connectivity index (χ4v) is 3.88. The van der Waals surface area contributed by atoms with E-state index in [1.807, 2.05) is 61.0 Å². The monoisotopic (exact) mass is 449 g/mol. The number of amides is 1. The number of H-pyrrole nitrogens is 1. The van der Waals surface area contributed by atoms with E-state index in [1.165, 1.54) is 0 Å². The maximum absolute atomic E-state index is 12.9. The second-order valence-electron chi connectivity index (χ2n) is 7.52. The van der Waals surface area contributed by atoms with Gasteiger partial charge < -0.3 is 14.8 Å². The Balaban J connectivity index is 1.34. The van der Waals surface area contributed by atoms with E-state index >= 15 is 0 Å². The Labute approximate surface area is 189 Å². The summed E-state index contributed by atoms with van der Waals surface area (Å²) in [7, 11) is 0. The normalized spacial score (nSPS) is 12.2. The summed E-state index contributed by atoms with van der Waals surface area (Å²) in [6, 6.07) is 14.9. The molecule has 2 N–H and O–H groups in total. The summed E-state index contributed by atoms with van der Waals surface area (Å²) in [6.07, 6.45) is 0. The minimum absolute atomic E-state index is 0.205. The topological polar surface area (TPSA) is 94.1 Å². The Morgan fingerprint density at radius 2 is 2.00 bits per heavy atom. The number of anilines is 1. The smallest absolute Gasteiger partial charge is 0.273 e. The first-order valence-corrected chi connectivity index (χ1v) is 10.4. The fraction of sp³-hybridized carbons (Fsp3) is 0.174. The van der Waals surface area contributed by atoms with Crippen LogP contribution in [0.2, 0.25) is 5.02 Å². The highest BCUT2D eigenvalue weighted by atomic mass is 35.5. The molecular formula is C23H20ClN5O3. The van der Waals surface area contributed by atoms with Crippen molar-refractivity contribution in [1.82, 2.24) is 20.0 Å². The maximum atomic E-state index is 12.9. The van der Waals surface area contributed by atoms with E-state index in [2.05, 4.69) is 20.6 Å². The fourth-order valence-electron chi connectivity index (χ4n) is 3.66. The van der Waals surface area contributed by atoms with Crippen LogP contribution in [-0.2, 0) is 6.54 Å². The summed E-state index contributed by atoms with van der Waals surface area (Å²) in [5, 5.41) is 15.3. The lowest BCUT2D eigenvalue weighted by atomic mass is 10.1. The zero-order valence-corrected chi connectivity index (χ0v) is 18.2. The van der Waals surface area contributed by atoms with E-state index in [1.54, 1.807) is 6.07 Å². The van der Waals surface area contributed by atoms with Gasteiger partial charge in [0, 0.05) is 10.6 Å². The molecule has 1 aliphatic heterocycles. The van der Waals surface area contributed by atoms with E-state index in [9.17, 15) is 4.79 Å². The van der Waals surface area contributed by atoms with Crippen molar-refractivity contribution in [2.24, 2.45) is 0 Å². The molecule has 2 aromatic heterocycles. The SMILES string of the molecule is Cc1nn(Cc2cccc(Cl)c2)c(C)c1NC(=O)c1cc(-c2ccc3c(c2)OCO3)n[nH]1. The Hall–Kier alpha value is -3.78. The molecule has 0 fully saturated rings. The van der Waals surface area contributed by atoms with Crippen LogP contribution in [0.25, 0.3) is 11.3 Å². The number of halogens is 1. The number of hydrogen-bond donors (Lipinski definition) is 2. The van der Waals surface area contributed by atoms with Crippen molar-refractivity contribution in [3.8, 4) is 22.8 Å². The minimum atomic E-state index is -0.294. The van der Waals surface area contributed by atoms with Gasteiger partial charge in [-0.15, -0.1) is 0 Å². The number of nitrogens with zero attached hydrogens (tertiary/aromatic N) is 3. The lowest BCUT2D eigenvalue weighted by molar-refractivity contribution is 0.102. The summed E-state index contributed by atoms with van der Waals surface area (Å²) in [6.45, 7) is 4.55. The van der Waals surface area contributed by atoms with Crippen LogP contribution < -0.4 is 14.8 Å². The Bertz CT molecular complexity index is 1330. The molecule has 1 aliphatic rings. The molecule has 0 saturated heterocycles.